The summed E-state index contributed by atoms with van der Waals surface area (Å²) in [5.41, 5.74) is 2.30. The van der Waals surface area contributed by atoms with Crippen molar-refractivity contribution >= 4 is 23.4 Å². The van der Waals surface area contributed by atoms with Crippen LogP contribution in [0.25, 0.3) is 21.8 Å². The Morgan fingerprint density at radius 1 is 0.885 bits per heavy atom. The van der Waals surface area contributed by atoms with Gasteiger partial charge in [-0.05, 0) is 17.0 Å². The zero-order valence-corrected chi connectivity index (χ0v) is 14.5. The van der Waals surface area contributed by atoms with E-state index in [0.29, 0.717) is 28.7 Å². The Bertz CT molecular complexity index is 1050. The van der Waals surface area contributed by atoms with E-state index in [1.165, 1.54) is 11.3 Å². The lowest BCUT2D eigenvalue weighted by atomic mass is 9.94. The second kappa shape index (κ2) is 6.94. The van der Waals surface area contributed by atoms with E-state index in [4.69, 9.17) is 4.42 Å². The zero-order valence-electron chi connectivity index (χ0n) is 13.7. The summed E-state index contributed by atoms with van der Waals surface area (Å²) in [4.78, 5) is 25.8. The van der Waals surface area contributed by atoms with E-state index in [1.54, 1.807) is 12.1 Å². The van der Waals surface area contributed by atoms with Gasteiger partial charge in [-0.2, -0.15) is 0 Å². The number of ketones is 1. The van der Waals surface area contributed by atoms with Gasteiger partial charge >= 0.3 is 0 Å². The van der Waals surface area contributed by atoms with Crippen LogP contribution in [-0.2, 0) is 0 Å². The van der Waals surface area contributed by atoms with Crippen LogP contribution in [0.15, 0.2) is 82.6 Å². The highest BCUT2D eigenvalue weighted by molar-refractivity contribution is 7.13. The summed E-state index contributed by atoms with van der Waals surface area (Å²) in [7, 11) is 0. The zero-order chi connectivity index (χ0) is 17.9. The minimum atomic E-state index is -0.162. The number of benzene rings is 2. The SMILES string of the molecule is O=Cc1oc(-c2cccs2)c(C(=O)c2ccccc2)c1-c1ccccc1. The number of hydrogen-bond acceptors (Lipinski definition) is 4. The molecule has 0 N–H and O–H groups in total. The topological polar surface area (TPSA) is 47.3 Å². The Morgan fingerprint density at radius 3 is 2.19 bits per heavy atom. The molecule has 0 saturated carbocycles. The highest BCUT2D eigenvalue weighted by Crippen LogP contribution is 2.40. The van der Waals surface area contributed by atoms with Crippen LogP contribution in [0.3, 0.4) is 0 Å². The molecule has 0 aliphatic carbocycles. The predicted molar refractivity (Wildman–Crippen MR) is 103 cm³/mol. The van der Waals surface area contributed by atoms with E-state index in [2.05, 4.69) is 0 Å². The van der Waals surface area contributed by atoms with Gasteiger partial charge < -0.3 is 4.42 Å². The second-order valence-corrected chi connectivity index (χ2v) is 6.65. The van der Waals surface area contributed by atoms with E-state index >= 15 is 0 Å². The van der Waals surface area contributed by atoms with Crippen molar-refractivity contribution in [2.45, 2.75) is 0 Å². The molecule has 0 fully saturated rings. The number of thiophene rings is 1. The van der Waals surface area contributed by atoms with Crippen LogP contribution in [-0.4, -0.2) is 12.1 Å². The molecule has 4 rings (SSSR count). The van der Waals surface area contributed by atoms with Crippen molar-refractivity contribution in [3.63, 3.8) is 0 Å². The first kappa shape index (κ1) is 16.2. The lowest BCUT2D eigenvalue weighted by molar-refractivity contribution is 0.103. The van der Waals surface area contributed by atoms with Gasteiger partial charge in [-0.25, -0.2) is 0 Å². The Balaban J connectivity index is 2.02. The van der Waals surface area contributed by atoms with Crippen molar-refractivity contribution in [2.24, 2.45) is 0 Å². The van der Waals surface area contributed by atoms with Gasteiger partial charge in [-0.1, -0.05) is 66.7 Å². The van der Waals surface area contributed by atoms with Gasteiger partial charge in [-0.15, -0.1) is 11.3 Å². The smallest absolute Gasteiger partial charge is 0.197 e. The standard InChI is InChI=1S/C22H14O3S/c23-14-17-19(15-8-3-1-4-9-15)20(21(24)16-10-5-2-6-11-16)22(25-17)18-12-7-13-26-18/h1-14H. The summed E-state index contributed by atoms with van der Waals surface area (Å²) < 4.78 is 5.86. The highest BCUT2D eigenvalue weighted by Gasteiger charge is 2.28. The quantitative estimate of drug-likeness (QED) is 0.339. The summed E-state index contributed by atoms with van der Waals surface area (Å²) in [5.74, 6) is 0.443. The van der Waals surface area contributed by atoms with Gasteiger partial charge in [0, 0.05) is 11.1 Å². The first-order valence-electron chi connectivity index (χ1n) is 8.10. The van der Waals surface area contributed by atoms with Crippen LogP contribution in [0.4, 0.5) is 0 Å². The fraction of sp³-hybridized carbons (Fsp3) is 0. The summed E-state index contributed by atoms with van der Waals surface area (Å²) in [6.45, 7) is 0. The number of rotatable bonds is 5. The van der Waals surface area contributed by atoms with Crippen LogP contribution in [0.2, 0.25) is 0 Å². The molecule has 2 aromatic carbocycles. The lowest BCUT2D eigenvalue weighted by Gasteiger charge is -2.06. The van der Waals surface area contributed by atoms with Crippen molar-refractivity contribution in [3.8, 4) is 21.8 Å². The minimum absolute atomic E-state index is 0.162. The minimum Gasteiger partial charge on any atom is -0.451 e. The van der Waals surface area contributed by atoms with Crippen LogP contribution in [0.5, 0.6) is 0 Å². The van der Waals surface area contributed by atoms with E-state index in [1.807, 2.05) is 66.0 Å². The number of carbonyl (C=O) groups is 2. The summed E-state index contributed by atoms with van der Waals surface area (Å²) >= 11 is 1.47. The number of aldehydes is 1. The van der Waals surface area contributed by atoms with Gasteiger partial charge in [0.05, 0.1) is 10.4 Å². The summed E-state index contributed by atoms with van der Waals surface area (Å²) in [5, 5.41) is 1.91. The fourth-order valence-corrected chi connectivity index (χ4v) is 3.67. The molecule has 3 nitrogen and oxygen atoms in total. The molecule has 0 bridgehead atoms. The Kier molecular flexibility index (Phi) is 4.33. The average molecular weight is 358 g/mol. The summed E-state index contributed by atoms with van der Waals surface area (Å²) in [6.07, 6.45) is 0.668. The van der Waals surface area contributed by atoms with Crippen molar-refractivity contribution in [1.29, 1.82) is 0 Å². The molecule has 0 radical (unpaired) electrons. The van der Waals surface area contributed by atoms with E-state index < -0.39 is 0 Å². The van der Waals surface area contributed by atoms with E-state index in [-0.39, 0.29) is 11.5 Å². The molecule has 4 aromatic rings. The first-order valence-corrected chi connectivity index (χ1v) is 8.98. The molecule has 26 heavy (non-hydrogen) atoms. The van der Waals surface area contributed by atoms with Crippen molar-refractivity contribution < 1.29 is 14.0 Å². The molecule has 0 atom stereocenters. The Morgan fingerprint density at radius 2 is 1.58 bits per heavy atom. The van der Waals surface area contributed by atoms with Gasteiger partial charge in [0.15, 0.2) is 23.6 Å². The fourth-order valence-electron chi connectivity index (χ4n) is 2.95. The molecular weight excluding hydrogens is 344 g/mol. The number of carbonyl (C=O) groups excluding carboxylic acids is 2. The maximum atomic E-state index is 13.3. The monoisotopic (exact) mass is 358 g/mol. The molecule has 4 heteroatoms. The Hall–Kier alpha value is -3.24. The van der Waals surface area contributed by atoms with E-state index in [9.17, 15) is 9.59 Å². The normalized spacial score (nSPS) is 10.6. The second-order valence-electron chi connectivity index (χ2n) is 5.70. The van der Waals surface area contributed by atoms with Gasteiger partial charge in [-0.3, -0.25) is 9.59 Å². The maximum absolute atomic E-state index is 13.3. The predicted octanol–water partition coefficient (Wildman–Crippen LogP) is 5.72. The molecule has 0 saturated heterocycles. The number of furan rings is 1. The third-order valence-electron chi connectivity index (χ3n) is 4.11. The molecule has 0 spiro atoms. The lowest BCUT2D eigenvalue weighted by Crippen LogP contribution is -2.03. The van der Waals surface area contributed by atoms with Gasteiger partial charge in [0.25, 0.3) is 0 Å². The molecule has 0 amide bonds. The van der Waals surface area contributed by atoms with Crippen LogP contribution < -0.4 is 0 Å². The highest BCUT2D eigenvalue weighted by atomic mass is 32.1. The first-order chi connectivity index (χ1) is 12.8. The van der Waals surface area contributed by atoms with Crippen molar-refractivity contribution in [2.75, 3.05) is 0 Å². The molecular formula is C22H14O3S. The third-order valence-corrected chi connectivity index (χ3v) is 4.98. The van der Waals surface area contributed by atoms with Gasteiger partial charge in [0.2, 0.25) is 0 Å². The number of hydrogen-bond donors (Lipinski definition) is 0. The molecule has 2 heterocycles. The van der Waals surface area contributed by atoms with Crippen molar-refractivity contribution in [3.05, 3.63) is 95.1 Å². The Labute approximate surface area is 154 Å². The molecule has 0 unspecified atom stereocenters. The van der Waals surface area contributed by atoms with Crippen LogP contribution in [0, 0.1) is 0 Å². The van der Waals surface area contributed by atoms with Gasteiger partial charge in [0.1, 0.15) is 0 Å². The van der Waals surface area contributed by atoms with E-state index in [0.717, 1.165) is 10.4 Å². The molecule has 126 valence electrons. The van der Waals surface area contributed by atoms with Crippen molar-refractivity contribution in [1.82, 2.24) is 0 Å². The third kappa shape index (κ3) is 2.80. The molecule has 2 aromatic heterocycles. The average Bonchev–Trinajstić information content (AvgIpc) is 3.36. The van der Waals surface area contributed by atoms with Crippen LogP contribution >= 0.6 is 11.3 Å². The molecule has 0 aliphatic heterocycles. The summed E-state index contributed by atoms with van der Waals surface area (Å²) in [6, 6.07) is 22.2. The molecule has 0 aliphatic rings. The maximum Gasteiger partial charge on any atom is 0.197 e. The van der Waals surface area contributed by atoms with Crippen LogP contribution in [0.1, 0.15) is 26.5 Å². The largest absolute Gasteiger partial charge is 0.451 e.